The maximum Gasteiger partial charge on any atom is 0.191 e. The minimum atomic E-state index is -0.162. The molecule has 1 aliphatic rings. The number of carbonyl (C=O) groups is 1. The molecule has 2 nitrogen and oxygen atoms in total. The Labute approximate surface area is 215 Å². The molecule has 0 bridgehead atoms. The number of ether oxygens (including phenoxy) is 1. The summed E-state index contributed by atoms with van der Waals surface area (Å²) >= 11 is 0. The van der Waals surface area contributed by atoms with Crippen molar-refractivity contribution in [3.63, 3.8) is 0 Å². The first-order chi connectivity index (χ1) is 16.9. The number of hydrogen-bond acceptors (Lipinski definition) is 2. The van der Waals surface area contributed by atoms with Crippen molar-refractivity contribution in [3.05, 3.63) is 71.3 Å². The second-order valence-corrected chi connectivity index (χ2v) is 11.2. The maximum atomic E-state index is 12.9. The standard InChI is InChI=1S/C33H50O2/c1-26(2)14-11-15-27(3)16-12-17-28(4)18-13-19-29(5)24-25-35-32-23-10-9-22-31(32)33(34)30-20-7-6-8-21-30/h6-10,20-22,24,26-28,32H,11-19,23,25H2,1-5H3/b29-24+/t27-,28-,32?/m1/s1. The van der Waals surface area contributed by atoms with Gasteiger partial charge in [0.15, 0.2) is 5.78 Å². The molecule has 1 aromatic carbocycles. The minimum Gasteiger partial charge on any atom is -0.369 e. The number of hydrogen-bond donors (Lipinski definition) is 0. The van der Waals surface area contributed by atoms with Crippen molar-refractivity contribution in [1.82, 2.24) is 0 Å². The molecule has 0 heterocycles. The summed E-state index contributed by atoms with van der Waals surface area (Å²) in [6.45, 7) is 12.3. The summed E-state index contributed by atoms with van der Waals surface area (Å²) in [6.07, 6.45) is 20.7. The molecule has 0 aromatic heterocycles. The van der Waals surface area contributed by atoms with Crippen molar-refractivity contribution in [1.29, 1.82) is 0 Å². The summed E-state index contributed by atoms with van der Waals surface area (Å²) in [5.41, 5.74) is 2.87. The quantitative estimate of drug-likeness (QED) is 0.164. The lowest BCUT2D eigenvalue weighted by Gasteiger charge is -2.21. The molecular formula is C33H50O2. The molecule has 3 atom stereocenters. The van der Waals surface area contributed by atoms with Crippen LogP contribution >= 0.6 is 0 Å². The number of benzene rings is 1. The predicted octanol–water partition coefficient (Wildman–Crippen LogP) is 9.53. The maximum absolute atomic E-state index is 12.9. The zero-order valence-electron chi connectivity index (χ0n) is 23.1. The molecule has 0 aliphatic heterocycles. The van der Waals surface area contributed by atoms with Gasteiger partial charge in [0.1, 0.15) is 0 Å². The van der Waals surface area contributed by atoms with Crippen LogP contribution in [-0.2, 0) is 4.74 Å². The van der Waals surface area contributed by atoms with Gasteiger partial charge in [-0.1, -0.05) is 133 Å². The number of ketones is 1. The molecule has 0 fully saturated rings. The smallest absolute Gasteiger partial charge is 0.191 e. The molecule has 2 rings (SSSR count). The zero-order valence-corrected chi connectivity index (χ0v) is 23.1. The van der Waals surface area contributed by atoms with Crippen LogP contribution in [-0.4, -0.2) is 18.5 Å². The number of rotatable bonds is 17. The van der Waals surface area contributed by atoms with Gasteiger partial charge in [-0.3, -0.25) is 4.79 Å². The molecule has 0 N–H and O–H groups in total. The van der Waals surface area contributed by atoms with Crippen LogP contribution in [0.2, 0.25) is 0 Å². The normalized spacial score (nSPS) is 17.9. The van der Waals surface area contributed by atoms with E-state index in [4.69, 9.17) is 4.74 Å². The fourth-order valence-electron chi connectivity index (χ4n) is 4.86. The first kappa shape index (κ1) is 29.3. The molecule has 0 saturated heterocycles. The summed E-state index contributed by atoms with van der Waals surface area (Å²) in [4.78, 5) is 12.9. The predicted molar refractivity (Wildman–Crippen MR) is 151 cm³/mol. The average Bonchev–Trinajstić information content (AvgIpc) is 2.84. The van der Waals surface area contributed by atoms with Crippen LogP contribution in [0.15, 0.2) is 65.8 Å². The summed E-state index contributed by atoms with van der Waals surface area (Å²) in [6, 6.07) is 9.50. The Morgan fingerprint density at radius 3 is 2.23 bits per heavy atom. The van der Waals surface area contributed by atoms with Gasteiger partial charge in [0.2, 0.25) is 0 Å². The van der Waals surface area contributed by atoms with E-state index in [-0.39, 0.29) is 11.9 Å². The molecule has 0 amide bonds. The van der Waals surface area contributed by atoms with Gasteiger partial charge in [-0.15, -0.1) is 0 Å². The molecule has 2 heteroatoms. The highest BCUT2D eigenvalue weighted by Crippen LogP contribution is 2.23. The molecule has 35 heavy (non-hydrogen) atoms. The van der Waals surface area contributed by atoms with E-state index in [1.807, 2.05) is 42.5 Å². The Hall–Kier alpha value is -1.93. The van der Waals surface area contributed by atoms with E-state index < -0.39 is 0 Å². The Kier molecular flexibility index (Phi) is 14.0. The van der Waals surface area contributed by atoms with E-state index in [0.717, 1.165) is 41.7 Å². The lowest BCUT2D eigenvalue weighted by Crippen LogP contribution is -2.23. The van der Waals surface area contributed by atoms with Crippen LogP contribution in [0.1, 0.15) is 109 Å². The van der Waals surface area contributed by atoms with Crippen molar-refractivity contribution in [2.24, 2.45) is 17.8 Å². The van der Waals surface area contributed by atoms with Crippen LogP contribution in [0.3, 0.4) is 0 Å². The second kappa shape index (κ2) is 16.7. The van der Waals surface area contributed by atoms with Crippen molar-refractivity contribution in [3.8, 4) is 0 Å². The average molecular weight is 479 g/mol. The highest BCUT2D eigenvalue weighted by Gasteiger charge is 2.23. The van der Waals surface area contributed by atoms with E-state index in [1.165, 1.54) is 56.9 Å². The SMILES string of the molecule is C/C(=C\COC1CC=CC=C1C(=O)c1ccccc1)CCC[C@H](C)CCC[C@H](C)CCCC(C)C. The fraction of sp³-hybridized carbons (Fsp3) is 0.606. The number of Topliss-reactive ketones (excluding diaryl/α,β-unsaturated/α-hetero) is 1. The molecule has 0 saturated carbocycles. The molecule has 1 aromatic rings. The monoisotopic (exact) mass is 478 g/mol. The van der Waals surface area contributed by atoms with Crippen LogP contribution in [0.5, 0.6) is 0 Å². The van der Waals surface area contributed by atoms with Gasteiger partial charge in [0.25, 0.3) is 0 Å². The van der Waals surface area contributed by atoms with Crippen LogP contribution < -0.4 is 0 Å². The second-order valence-electron chi connectivity index (χ2n) is 11.2. The topological polar surface area (TPSA) is 26.3 Å². The van der Waals surface area contributed by atoms with Gasteiger partial charge < -0.3 is 4.74 Å². The van der Waals surface area contributed by atoms with Gasteiger partial charge in [-0.25, -0.2) is 0 Å². The van der Waals surface area contributed by atoms with Gasteiger partial charge in [-0.2, -0.15) is 0 Å². The van der Waals surface area contributed by atoms with Crippen molar-refractivity contribution in [2.75, 3.05) is 6.61 Å². The van der Waals surface area contributed by atoms with Crippen LogP contribution in [0.4, 0.5) is 0 Å². The largest absolute Gasteiger partial charge is 0.369 e. The van der Waals surface area contributed by atoms with Gasteiger partial charge in [-0.05, 0) is 43.9 Å². The van der Waals surface area contributed by atoms with E-state index in [1.54, 1.807) is 0 Å². The summed E-state index contributed by atoms with van der Waals surface area (Å²) in [7, 11) is 0. The molecule has 1 unspecified atom stereocenters. The van der Waals surface area contributed by atoms with Crippen LogP contribution in [0.25, 0.3) is 0 Å². The first-order valence-electron chi connectivity index (χ1n) is 14.1. The van der Waals surface area contributed by atoms with Crippen molar-refractivity contribution >= 4 is 5.78 Å². The van der Waals surface area contributed by atoms with Gasteiger partial charge in [0, 0.05) is 11.1 Å². The number of allylic oxidation sites excluding steroid dienone is 3. The van der Waals surface area contributed by atoms with E-state index in [9.17, 15) is 4.79 Å². The summed E-state index contributed by atoms with van der Waals surface area (Å²) < 4.78 is 6.14. The highest BCUT2D eigenvalue weighted by molar-refractivity contribution is 6.09. The molecule has 1 aliphatic carbocycles. The molecule has 0 radical (unpaired) electrons. The third-order valence-electron chi connectivity index (χ3n) is 7.28. The Bertz CT molecular complexity index is 815. The zero-order chi connectivity index (χ0) is 25.5. The third-order valence-corrected chi connectivity index (χ3v) is 7.28. The highest BCUT2D eigenvalue weighted by atomic mass is 16.5. The Morgan fingerprint density at radius 2 is 1.57 bits per heavy atom. The molecule has 194 valence electrons. The summed E-state index contributed by atoms with van der Waals surface area (Å²) in [5.74, 6) is 2.60. The van der Waals surface area contributed by atoms with Crippen molar-refractivity contribution in [2.45, 2.75) is 105 Å². The lowest BCUT2D eigenvalue weighted by atomic mass is 9.91. The first-order valence-corrected chi connectivity index (χ1v) is 14.1. The third kappa shape index (κ3) is 12.0. The number of carbonyl (C=O) groups excluding carboxylic acids is 1. The Morgan fingerprint density at radius 1 is 0.943 bits per heavy atom. The van der Waals surface area contributed by atoms with E-state index >= 15 is 0 Å². The molecule has 0 spiro atoms. The Balaban J connectivity index is 1.63. The molecular weight excluding hydrogens is 428 g/mol. The van der Waals surface area contributed by atoms with E-state index in [2.05, 4.69) is 46.8 Å². The van der Waals surface area contributed by atoms with Gasteiger partial charge in [0.05, 0.1) is 12.7 Å². The fourth-order valence-corrected chi connectivity index (χ4v) is 4.86. The lowest BCUT2D eigenvalue weighted by molar-refractivity contribution is 0.0834. The van der Waals surface area contributed by atoms with Crippen LogP contribution in [0, 0.1) is 17.8 Å². The summed E-state index contributed by atoms with van der Waals surface area (Å²) in [5, 5.41) is 0. The minimum absolute atomic E-state index is 0.0691. The van der Waals surface area contributed by atoms with Crippen molar-refractivity contribution < 1.29 is 9.53 Å². The van der Waals surface area contributed by atoms with E-state index in [0.29, 0.717) is 6.61 Å². The van der Waals surface area contributed by atoms with Gasteiger partial charge >= 0.3 is 0 Å².